The average molecular weight is 276 g/mol. The summed E-state index contributed by atoms with van der Waals surface area (Å²) < 4.78 is 39.7. The fraction of sp³-hybridized carbons (Fsp3) is 0.417. The van der Waals surface area contributed by atoms with Crippen LogP contribution in [-0.2, 0) is 11.3 Å². The molecule has 0 spiro atoms. The van der Waals surface area contributed by atoms with E-state index in [1.54, 1.807) is 18.9 Å². The average Bonchev–Trinajstić information content (AvgIpc) is 2.28. The number of benzene rings is 1. The first-order chi connectivity index (χ1) is 8.69. The first-order valence-corrected chi connectivity index (χ1v) is 5.53. The van der Waals surface area contributed by atoms with Crippen molar-refractivity contribution in [3.05, 3.63) is 29.8 Å². The lowest BCUT2D eigenvalue weighted by molar-refractivity contribution is -0.274. The van der Waals surface area contributed by atoms with Crippen molar-refractivity contribution in [1.82, 2.24) is 4.90 Å². The third-order valence-corrected chi connectivity index (χ3v) is 2.66. The van der Waals surface area contributed by atoms with Crippen LogP contribution in [0.3, 0.4) is 0 Å². The van der Waals surface area contributed by atoms with Gasteiger partial charge in [0.2, 0.25) is 5.91 Å². The van der Waals surface area contributed by atoms with Crippen LogP contribution in [-0.4, -0.2) is 30.3 Å². The summed E-state index contributed by atoms with van der Waals surface area (Å²) in [6.45, 7) is 2.06. The highest BCUT2D eigenvalue weighted by Gasteiger charge is 2.30. The van der Waals surface area contributed by atoms with Gasteiger partial charge in [-0.2, -0.15) is 0 Å². The van der Waals surface area contributed by atoms with Crippen molar-refractivity contribution in [2.24, 2.45) is 5.73 Å². The lowest BCUT2D eigenvalue weighted by Crippen LogP contribution is -2.39. The fourth-order valence-corrected chi connectivity index (χ4v) is 1.44. The van der Waals surface area contributed by atoms with E-state index in [4.69, 9.17) is 5.73 Å². The van der Waals surface area contributed by atoms with Gasteiger partial charge in [0.25, 0.3) is 0 Å². The fourth-order valence-electron chi connectivity index (χ4n) is 1.44. The van der Waals surface area contributed by atoms with Crippen molar-refractivity contribution in [2.45, 2.75) is 25.9 Å². The topological polar surface area (TPSA) is 55.6 Å². The van der Waals surface area contributed by atoms with Gasteiger partial charge in [-0.25, -0.2) is 0 Å². The lowest BCUT2D eigenvalue weighted by Gasteiger charge is -2.22. The molecule has 4 nitrogen and oxygen atoms in total. The van der Waals surface area contributed by atoms with Crippen LogP contribution in [0.25, 0.3) is 0 Å². The number of nitrogens with zero attached hydrogens (tertiary/aromatic N) is 1. The van der Waals surface area contributed by atoms with Crippen LogP contribution in [0.4, 0.5) is 13.2 Å². The second-order valence-electron chi connectivity index (χ2n) is 4.19. The van der Waals surface area contributed by atoms with Gasteiger partial charge in [-0.1, -0.05) is 12.1 Å². The van der Waals surface area contributed by atoms with Gasteiger partial charge in [0.15, 0.2) is 0 Å². The second-order valence-corrected chi connectivity index (χ2v) is 4.19. The maximum Gasteiger partial charge on any atom is 0.573 e. The third kappa shape index (κ3) is 5.17. The Kier molecular flexibility index (Phi) is 4.77. The highest BCUT2D eigenvalue weighted by atomic mass is 19.4. The third-order valence-electron chi connectivity index (χ3n) is 2.66. The zero-order valence-corrected chi connectivity index (χ0v) is 10.6. The number of amides is 1. The number of carbonyl (C=O) groups is 1. The summed E-state index contributed by atoms with van der Waals surface area (Å²) in [6.07, 6.45) is -4.70. The van der Waals surface area contributed by atoms with Gasteiger partial charge < -0.3 is 10.5 Å². The van der Waals surface area contributed by atoms with Gasteiger partial charge in [-0.05, 0) is 31.7 Å². The molecule has 1 atom stereocenters. The molecule has 0 heterocycles. The van der Waals surface area contributed by atoms with Crippen molar-refractivity contribution in [3.63, 3.8) is 0 Å². The maximum atomic E-state index is 12.0. The molecule has 0 saturated heterocycles. The summed E-state index contributed by atoms with van der Waals surface area (Å²) in [5.41, 5.74) is 5.91. The molecule has 2 N–H and O–H groups in total. The summed E-state index contributed by atoms with van der Waals surface area (Å²) in [7, 11) is 1.70. The zero-order valence-electron chi connectivity index (χ0n) is 10.6. The molecule has 0 aliphatic rings. The first-order valence-electron chi connectivity index (χ1n) is 5.53. The molecule has 19 heavy (non-hydrogen) atoms. The number of alkyl halides is 3. The van der Waals surface area contributed by atoms with E-state index in [0.29, 0.717) is 6.54 Å². The first kappa shape index (κ1) is 15.3. The minimum absolute atomic E-state index is 0.276. The Morgan fingerprint density at radius 1 is 1.37 bits per heavy atom. The van der Waals surface area contributed by atoms with Crippen molar-refractivity contribution in [1.29, 1.82) is 0 Å². The molecule has 0 aliphatic heterocycles. The molecule has 0 aromatic heterocycles. The Hall–Kier alpha value is -1.76. The number of ether oxygens (including phenoxy) is 1. The molecule has 106 valence electrons. The molecule has 7 heteroatoms. The largest absolute Gasteiger partial charge is 0.573 e. The number of nitrogens with two attached hydrogens (primary N) is 1. The molecule has 0 bridgehead atoms. The number of rotatable bonds is 5. The molecule has 0 radical (unpaired) electrons. The lowest BCUT2D eigenvalue weighted by atomic mass is 10.2. The molecule has 0 saturated carbocycles. The minimum Gasteiger partial charge on any atom is -0.406 e. The van der Waals surface area contributed by atoms with Crippen LogP contribution in [0.15, 0.2) is 24.3 Å². The predicted octanol–water partition coefficient (Wildman–Crippen LogP) is 1.89. The number of likely N-dealkylation sites (N-methyl/N-ethyl adjacent to an activating group) is 1. The predicted molar refractivity (Wildman–Crippen MR) is 63.2 cm³/mol. The summed E-state index contributed by atoms with van der Waals surface area (Å²) in [6, 6.07) is 5.01. The van der Waals surface area contributed by atoms with Crippen LogP contribution in [0.1, 0.15) is 12.5 Å². The van der Waals surface area contributed by atoms with Gasteiger partial charge in [0.05, 0.1) is 6.04 Å². The second kappa shape index (κ2) is 5.92. The Balaban J connectivity index is 2.64. The van der Waals surface area contributed by atoms with Gasteiger partial charge in [-0.15, -0.1) is 13.2 Å². The Morgan fingerprint density at radius 3 is 2.32 bits per heavy atom. The van der Waals surface area contributed by atoms with E-state index in [0.717, 1.165) is 5.56 Å². The van der Waals surface area contributed by atoms with Crippen molar-refractivity contribution >= 4 is 5.91 Å². The van der Waals surface area contributed by atoms with E-state index < -0.39 is 18.3 Å². The zero-order chi connectivity index (χ0) is 14.6. The highest BCUT2D eigenvalue weighted by molar-refractivity contribution is 5.79. The summed E-state index contributed by atoms with van der Waals surface area (Å²) in [5.74, 6) is -0.735. The molecule has 1 rings (SSSR count). The van der Waals surface area contributed by atoms with Crippen LogP contribution in [0.5, 0.6) is 5.75 Å². The van der Waals surface area contributed by atoms with E-state index in [1.165, 1.54) is 24.3 Å². The molecular formula is C12H15F3N2O2. The quantitative estimate of drug-likeness (QED) is 0.893. The van der Waals surface area contributed by atoms with Crippen molar-refractivity contribution in [2.75, 3.05) is 7.05 Å². The van der Waals surface area contributed by atoms with Gasteiger partial charge in [0.1, 0.15) is 5.75 Å². The highest BCUT2D eigenvalue weighted by Crippen LogP contribution is 2.23. The van der Waals surface area contributed by atoms with Gasteiger partial charge in [-0.3, -0.25) is 9.69 Å². The van der Waals surface area contributed by atoms with Crippen LogP contribution in [0.2, 0.25) is 0 Å². The summed E-state index contributed by atoms with van der Waals surface area (Å²) in [4.78, 5) is 12.7. The number of primary amides is 1. The molecular weight excluding hydrogens is 261 g/mol. The van der Waals surface area contributed by atoms with Crippen LogP contribution in [0, 0.1) is 0 Å². The molecule has 1 amide bonds. The smallest absolute Gasteiger partial charge is 0.406 e. The van der Waals surface area contributed by atoms with Crippen molar-refractivity contribution in [3.8, 4) is 5.75 Å². The van der Waals surface area contributed by atoms with Crippen LogP contribution < -0.4 is 10.5 Å². The normalized spacial score (nSPS) is 13.4. The summed E-state index contributed by atoms with van der Waals surface area (Å²) in [5, 5.41) is 0. The number of hydrogen-bond acceptors (Lipinski definition) is 3. The SMILES string of the molecule is CC(C(N)=O)N(C)Cc1ccc(OC(F)(F)F)cc1. The van der Waals surface area contributed by atoms with E-state index in [9.17, 15) is 18.0 Å². The van der Waals surface area contributed by atoms with Crippen LogP contribution >= 0.6 is 0 Å². The van der Waals surface area contributed by atoms with E-state index in [2.05, 4.69) is 4.74 Å². The Morgan fingerprint density at radius 2 is 1.89 bits per heavy atom. The van der Waals surface area contributed by atoms with E-state index in [-0.39, 0.29) is 5.75 Å². The minimum atomic E-state index is -4.70. The number of halogens is 3. The van der Waals surface area contributed by atoms with Gasteiger partial charge >= 0.3 is 6.36 Å². The monoisotopic (exact) mass is 276 g/mol. The number of hydrogen-bond donors (Lipinski definition) is 1. The Labute approximate surface area is 108 Å². The molecule has 1 unspecified atom stereocenters. The molecule has 1 aromatic carbocycles. The molecule has 1 aromatic rings. The van der Waals surface area contributed by atoms with Crippen molar-refractivity contribution < 1.29 is 22.7 Å². The van der Waals surface area contributed by atoms with Gasteiger partial charge in [0, 0.05) is 6.54 Å². The van der Waals surface area contributed by atoms with E-state index >= 15 is 0 Å². The standard InChI is InChI=1S/C12H15F3N2O2/c1-8(11(16)18)17(2)7-9-3-5-10(6-4-9)19-12(13,14)15/h3-6,8H,7H2,1-2H3,(H2,16,18). The van der Waals surface area contributed by atoms with E-state index in [1.807, 2.05) is 0 Å². The molecule has 0 aliphatic carbocycles. The summed E-state index contributed by atoms with van der Waals surface area (Å²) >= 11 is 0. The number of carbonyl (C=O) groups excluding carboxylic acids is 1. The molecule has 0 fully saturated rings. The Bertz CT molecular complexity index is 432. The maximum absolute atomic E-state index is 12.0.